The molecule has 35 heavy (non-hydrogen) atoms. The first kappa shape index (κ1) is 25.7. The van der Waals surface area contributed by atoms with Crippen molar-refractivity contribution in [2.75, 3.05) is 5.32 Å². The molecule has 6 nitrogen and oxygen atoms in total. The Hall–Kier alpha value is -2.34. The molecule has 2 N–H and O–H groups in total. The van der Waals surface area contributed by atoms with E-state index in [2.05, 4.69) is 20.6 Å². The third-order valence-electron chi connectivity index (χ3n) is 6.38. The lowest BCUT2D eigenvalue weighted by molar-refractivity contribution is -0.120. The molecule has 0 spiro atoms. The molecule has 1 amide bonds. The highest BCUT2D eigenvalue weighted by atomic mass is 16.4. The lowest BCUT2D eigenvalue weighted by Gasteiger charge is -2.47. The van der Waals surface area contributed by atoms with Crippen LogP contribution in [0.15, 0.2) is 41.1 Å². The molecule has 1 fully saturated rings. The fourth-order valence-electron chi connectivity index (χ4n) is 4.57. The van der Waals surface area contributed by atoms with Crippen molar-refractivity contribution in [2.24, 2.45) is 5.92 Å². The molecule has 2 heterocycles. The number of oxazole rings is 1. The number of aryl methyl sites for hydroxylation is 1. The van der Waals surface area contributed by atoms with E-state index in [1.807, 2.05) is 24.3 Å². The smallest absolute Gasteiger partial charge is 0.228 e. The number of pyridine rings is 1. The van der Waals surface area contributed by atoms with Crippen molar-refractivity contribution in [1.29, 1.82) is 0 Å². The van der Waals surface area contributed by atoms with E-state index in [9.17, 15) is 4.79 Å². The Kier molecular flexibility index (Phi) is 7.33. The van der Waals surface area contributed by atoms with Crippen molar-refractivity contribution in [2.45, 2.75) is 54.9 Å². The second-order valence-corrected chi connectivity index (χ2v) is 9.51. The van der Waals surface area contributed by atoms with Crippen LogP contribution < -0.4 is 10.6 Å². The number of rotatable bonds is 7. The van der Waals surface area contributed by atoms with Crippen molar-refractivity contribution in [3.05, 3.63) is 42.5 Å². The minimum atomic E-state index is -1.69. The number of hydrogen-bond acceptors (Lipinski definition) is 5. The van der Waals surface area contributed by atoms with Gasteiger partial charge in [-0.2, -0.15) is 0 Å². The van der Waals surface area contributed by atoms with Crippen LogP contribution in [0.3, 0.4) is 0 Å². The highest BCUT2D eigenvalue weighted by Gasteiger charge is 2.35. The van der Waals surface area contributed by atoms with Gasteiger partial charge in [-0.15, -0.1) is 10.2 Å². The monoisotopic (exact) mass is 452 g/mol. The van der Waals surface area contributed by atoms with Crippen LogP contribution in [0.5, 0.6) is 0 Å². The van der Waals surface area contributed by atoms with Gasteiger partial charge < -0.3 is 15.1 Å². The lowest BCUT2D eigenvalue weighted by atomic mass is 9.27. The normalized spacial score (nSPS) is 19.1. The highest BCUT2D eigenvalue weighted by molar-refractivity contribution is 6.64. The van der Waals surface area contributed by atoms with Crippen LogP contribution in [-0.2, 0) is 4.79 Å². The fraction of sp³-hybridized carbons (Fsp3) is 0.435. The summed E-state index contributed by atoms with van der Waals surface area (Å²) in [6.07, 6.45) is 6.10. The molecule has 12 heteroatoms. The zero-order valence-electron chi connectivity index (χ0n) is 19.7. The van der Waals surface area contributed by atoms with E-state index in [0.29, 0.717) is 43.2 Å². The van der Waals surface area contributed by atoms with E-state index < -0.39 is 16.3 Å². The Morgan fingerprint density at radius 1 is 0.971 bits per heavy atom. The van der Waals surface area contributed by atoms with Gasteiger partial charge in [0.25, 0.3) is 0 Å². The summed E-state index contributed by atoms with van der Waals surface area (Å²) in [5, 5.41) is 4.62. The second kappa shape index (κ2) is 9.96. The molecule has 12 radical (unpaired) electrons. The molecule has 1 aliphatic carbocycles. The third kappa shape index (κ3) is 6.27. The average Bonchev–Trinajstić information content (AvgIpc) is 3.22. The average molecular weight is 451 g/mol. The predicted octanol–water partition coefficient (Wildman–Crippen LogP) is 1.81. The van der Waals surface area contributed by atoms with Crippen LogP contribution in [0.25, 0.3) is 22.1 Å². The van der Waals surface area contributed by atoms with Crippen LogP contribution in [0.4, 0.5) is 5.82 Å². The molecule has 0 saturated heterocycles. The summed E-state index contributed by atoms with van der Waals surface area (Å²) >= 11 is 0. The molecule has 2 aromatic heterocycles. The molecule has 1 saturated carbocycles. The van der Waals surface area contributed by atoms with Crippen LogP contribution in [0, 0.1) is 12.8 Å². The molecule has 3 aromatic rings. The number of nitrogens with zero attached hydrogens (tertiary/aromatic N) is 2. The molecule has 1 aliphatic rings. The van der Waals surface area contributed by atoms with Crippen molar-refractivity contribution in [3.63, 3.8) is 0 Å². The minimum absolute atomic E-state index is 0.0222. The standard InChI is InChI=1S/C23H22B6N4O2/c1-12-30-11-18(35-12)14-2-3-15-10-31-19(9-16(15)8-14)33-20(34)13-4-6-17(7-5-13)32-21(22(24,25)26)23(27,28)29/h2-3,8-11,13,17,21,32H,4-7H2,1H3,(H,31,33,34). The first-order valence-electron chi connectivity index (χ1n) is 11.5. The van der Waals surface area contributed by atoms with E-state index in [1.54, 1.807) is 19.3 Å². The SMILES string of the molecule is [B]C([B])([B])C(NC1CCC(C(=O)Nc2cc3cc(-c4cnc(C)o4)ccc3cn2)CC1)C([B])([B])[B]. The Balaban J connectivity index is 1.38. The van der Waals surface area contributed by atoms with Gasteiger partial charge in [0.15, 0.2) is 11.7 Å². The fourth-order valence-corrected chi connectivity index (χ4v) is 4.57. The van der Waals surface area contributed by atoms with Crippen molar-refractivity contribution < 1.29 is 9.21 Å². The molecule has 0 unspecified atom stereocenters. The van der Waals surface area contributed by atoms with E-state index in [1.165, 1.54) is 0 Å². The van der Waals surface area contributed by atoms with Gasteiger partial charge in [-0.1, -0.05) is 12.1 Å². The number of carbonyl (C=O) groups excluding carboxylic acids is 1. The molecule has 0 atom stereocenters. The summed E-state index contributed by atoms with van der Waals surface area (Å²) in [5.41, 5.74) is 0.901. The van der Waals surface area contributed by atoms with Gasteiger partial charge in [0, 0.05) is 36.0 Å². The number of benzene rings is 1. The maximum atomic E-state index is 12.9. The van der Waals surface area contributed by atoms with E-state index in [4.69, 9.17) is 51.5 Å². The highest BCUT2D eigenvalue weighted by Crippen LogP contribution is 2.34. The predicted molar refractivity (Wildman–Crippen MR) is 143 cm³/mol. The van der Waals surface area contributed by atoms with Gasteiger partial charge in [-0.3, -0.25) is 4.79 Å². The van der Waals surface area contributed by atoms with Crippen molar-refractivity contribution in [1.82, 2.24) is 15.3 Å². The molecule has 164 valence electrons. The number of amides is 1. The van der Waals surface area contributed by atoms with Gasteiger partial charge in [0.05, 0.1) is 53.3 Å². The molecular formula is C23H22B6N4O2. The van der Waals surface area contributed by atoms with Gasteiger partial charge in [-0.25, -0.2) is 9.97 Å². The van der Waals surface area contributed by atoms with E-state index in [0.717, 1.165) is 16.3 Å². The zero-order valence-corrected chi connectivity index (χ0v) is 19.7. The Morgan fingerprint density at radius 3 is 2.26 bits per heavy atom. The quantitative estimate of drug-likeness (QED) is 0.536. The summed E-state index contributed by atoms with van der Waals surface area (Å²) in [6.45, 7) is 1.80. The summed E-state index contributed by atoms with van der Waals surface area (Å²) in [6, 6.07) is 6.81. The topological polar surface area (TPSA) is 80.0 Å². The minimum Gasteiger partial charge on any atom is -0.441 e. The first-order chi connectivity index (χ1) is 16.4. The number of hydrogen-bond donors (Lipinski definition) is 2. The Bertz CT molecular complexity index is 1180. The summed E-state index contributed by atoms with van der Waals surface area (Å²) in [7, 11) is 34.8. The number of nitrogens with one attached hydrogen (secondary N) is 2. The zero-order chi connectivity index (χ0) is 25.4. The maximum Gasteiger partial charge on any atom is 0.228 e. The second-order valence-electron chi connectivity index (χ2n) is 9.51. The van der Waals surface area contributed by atoms with Gasteiger partial charge >= 0.3 is 0 Å². The first-order valence-corrected chi connectivity index (χ1v) is 11.5. The van der Waals surface area contributed by atoms with E-state index >= 15 is 0 Å². The van der Waals surface area contributed by atoms with Crippen LogP contribution in [0.1, 0.15) is 31.6 Å². The summed E-state index contributed by atoms with van der Waals surface area (Å²) in [4.78, 5) is 21.5. The van der Waals surface area contributed by atoms with Crippen molar-refractivity contribution >= 4 is 69.6 Å². The van der Waals surface area contributed by atoms with Gasteiger partial charge in [-0.05, 0) is 49.2 Å². The van der Waals surface area contributed by atoms with Gasteiger partial charge in [0.2, 0.25) is 5.91 Å². The Morgan fingerprint density at radius 2 is 1.66 bits per heavy atom. The molecule has 4 rings (SSSR count). The largest absolute Gasteiger partial charge is 0.441 e. The maximum absolute atomic E-state index is 12.9. The van der Waals surface area contributed by atoms with Crippen LogP contribution >= 0.6 is 0 Å². The molecular weight excluding hydrogens is 429 g/mol. The molecule has 0 bridgehead atoms. The third-order valence-corrected chi connectivity index (χ3v) is 6.38. The molecule has 0 aliphatic heterocycles. The van der Waals surface area contributed by atoms with E-state index in [-0.39, 0.29) is 17.9 Å². The number of carbonyl (C=O) groups is 1. The van der Waals surface area contributed by atoms with Crippen LogP contribution in [-0.4, -0.2) is 75.0 Å². The number of aromatic nitrogens is 2. The van der Waals surface area contributed by atoms with Crippen molar-refractivity contribution in [3.8, 4) is 11.3 Å². The number of fused-ring (bicyclic) bond motifs is 1. The summed E-state index contributed by atoms with van der Waals surface area (Å²) < 4.78 is 5.62. The Labute approximate surface area is 214 Å². The van der Waals surface area contributed by atoms with Crippen LogP contribution in [0.2, 0.25) is 10.2 Å². The van der Waals surface area contributed by atoms with Gasteiger partial charge in [0.1, 0.15) is 5.82 Å². The lowest BCUT2D eigenvalue weighted by Crippen LogP contribution is -2.55. The number of anilines is 1. The summed E-state index contributed by atoms with van der Waals surface area (Å²) in [5.74, 6) is 1.54. The molecule has 1 aromatic carbocycles.